The zero-order valence-electron chi connectivity index (χ0n) is 9.62. The molecule has 0 amide bonds. The highest BCUT2D eigenvalue weighted by Crippen LogP contribution is 2.23. The number of β-amino-alcohol motifs (C(OH)–C–C–N with tert-alkyl or cyclic N) is 1. The van der Waals surface area contributed by atoms with Gasteiger partial charge in [0.2, 0.25) is 0 Å². The molecule has 88 valence electrons. The Morgan fingerprint density at radius 1 is 1.13 bits per heavy atom. The van der Waals surface area contributed by atoms with Gasteiger partial charge in [0, 0.05) is 18.6 Å². The summed E-state index contributed by atoms with van der Waals surface area (Å²) in [5.41, 5.74) is 0. The first-order chi connectivity index (χ1) is 7.42. The highest BCUT2D eigenvalue weighted by atomic mass is 16.3. The van der Waals surface area contributed by atoms with Gasteiger partial charge in [0.25, 0.3) is 0 Å². The van der Waals surface area contributed by atoms with Crippen molar-refractivity contribution in [3.63, 3.8) is 0 Å². The van der Waals surface area contributed by atoms with Crippen molar-refractivity contribution in [2.45, 2.75) is 50.6 Å². The maximum Gasteiger partial charge on any atom is 0.0558 e. The third kappa shape index (κ3) is 2.92. The van der Waals surface area contributed by atoms with Crippen LogP contribution >= 0.6 is 0 Å². The lowest BCUT2D eigenvalue weighted by atomic mass is 9.90. The summed E-state index contributed by atoms with van der Waals surface area (Å²) in [5, 5.41) is 12.7. The molecule has 0 aromatic heterocycles. The molecule has 0 aromatic rings. The molecule has 0 saturated carbocycles. The van der Waals surface area contributed by atoms with E-state index in [1.54, 1.807) is 0 Å². The number of aliphatic hydroxyl groups excluding tert-OH is 1. The summed E-state index contributed by atoms with van der Waals surface area (Å²) in [5.74, 6) is 0. The molecule has 3 nitrogen and oxygen atoms in total. The minimum absolute atomic E-state index is 0.309. The fourth-order valence-electron chi connectivity index (χ4n) is 3.09. The van der Waals surface area contributed by atoms with Crippen LogP contribution in [-0.2, 0) is 0 Å². The number of hydrogen-bond donors (Lipinski definition) is 2. The van der Waals surface area contributed by atoms with Gasteiger partial charge >= 0.3 is 0 Å². The van der Waals surface area contributed by atoms with Gasteiger partial charge in [-0.3, -0.25) is 4.90 Å². The Balaban J connectivity index is 1.90. The Hall–Kier alpha value is -0.120. The molecule has 0 aliphatic carbocycles. The minimum Gasteiger partial charge on any atom is -0.395 e. The van der Waals surface area contributed by atoms with Crippen LogP contribution in [0.25, 0.3) is 0 Å². The third-order valence-corrected chi connectivity index (χ3v) is 3.86. The van der Waals surface area contributed by atoms with Crippen LogP contribution in [0.3, 0.4) is 0 Å². The van der Waals surface area contributed by atoms with Crippen LogP contribution in [0, 0.1) is 0 Å². The molecule has 0 radical (unpaired) electrons. The summed E-state index contributed by atoms with van der Waals surface area (Å²) in [6.07, 6.45) is 8.03. The summed E-state index contributed by atoms with van der Waals surface area (Å²) in [6, 6.07) is 1.37. The average molecular weight is 212 g/mol. The largest absolute Gasteiger partial charge is 0.395 e. The van der Waals surface area contributed by atoms with Crippen molar-refractivity contribution in [1.82, 2.24) is 10.2 Å². The van der Waals surface area contributed by atoms with Crippen molar-refractivity contribution < 1.29 is 5.11 Å². The number of aliphatic hydroxyl groups is 1. The van der Waals surface area contributed by atoms with Gasteiger partial charge in [0.15, 0.2) is 0 Å². The second kappa shape index (κ2) is 5.83. The van der Waals surface area contributed by atoms with E-state index >= 15 is 0 Å². The Morgan fingerprint density at radius 2 is 2.00 bits per heavy atom. The second-order valence-corrected chi connectivity index (χ2v) is 4.88. The van der Waals surface area contributed by atoms with Crippen molar-refractivity contribution in [1.29, 1.82) is 0 Å². The molecule has 0 bridgehead atoms. The molecule has 2 rings (SSSR count). The lowest BCUT2D eigenvalue weighted by molar-refractivity contribution is 0.0834. The maximum absolute atomic E-state index is 9.07. The van der Waals surface area contributed by atoms with Crippen LogP contribution in [0.1, 0.15) is 38.5 Å². The van der Waals surface area contributed by atoms with Gasteiger partial charge in [-0.2, -0.15) is 0 Å². The predicted octanol–water partition coefficient (Wildman–Crippen LogP) is 0.975. The number of hydrogen-bond acceptors (Lipinski definition) is 3. The van der Waals surface area contributed by atoms with E-state index in [1.165, 1.54) is 51.6 Å². The molecule has 3 heteroatoms. The number of piperidine rings is 2. The van der Waals surface area contributed by atoms with Gasteiger partial charge in [-0.25, -0.2) is 0 Å². The van der Waals surface area contributed by atoms with Crippen LogP contribution in [-0.4, -0.2) is 48.3 Å². The molecular formula is C12H24N2O. The average Bonchev–Trinajstić information content (AvgIpc) is 2.31. The molecule has 2 aliphatic heterocycles. The van der Waals surface area contributed by atoms with Crippen molar-refractivity contribution >= 4 is 0 Å². The molecule has 2 fully saturated rings. The van der Waals surface area contributed by atoms with Crippen LogP contribution in [0.15, 0.2) is 0 Å². The van der Waals surface area contributed by atoms with Crippen molar-refractivity contribution in [3.05, 3.63) is 0 Å². The predicted molar refractivity (Wildman–Crippen MR) is 61.9 cm³/mol. The summed E-state index contributed by atoms with van der Waals surface area (Å²) in [7, 11) is 0. The van der Waals surface area contributed by atoms with E-state index < -0.39 is 0 Å². The van der Waals surface area contributed by atoms with Crippen LogP contribution in [0.4, 0.5) is 0 Å². The van der Waals surface area contributed by atoms with E-state index in [0.29, 0.717) is 18.7 Å². The summed E-state index contributed by atoms with van der Waals surface area (Å²) >= 11 is 0. The molecule has 2 N–H and O–H groups in total. The van der Waals surface area contributed by atoms with Gasteiger partial charge in [0.1, 0.15) is 0 Å². The Kier molecular flexibility index (Phi) is 4.42. The number of rotatable bonds is 3. The van der Waals surface area contributed by atoms with Crippen molar-refractivity contribution in [2.75, 3.05) is 26.2 Å². The first-order valence-corrected chi connectivity index (χ1v) is 6.50. The maximum atomic E-state index is 9.07. The summed E-state index contributed by atoms with van der Waals surface area (Å²) < 4.78 is 0. The number of nitrogens with one attached hydrogen (secondary N) is 1. The molecular weight excluding hydrogens is 188 g/mol. The second-order valence-electron chi connectivity index (χ2n) is 4.88. The molecule has 15 heavy (non-hydrogen) atoms. The lowest BCUT2D eigenvalue weighted by Gasteiger charge is -2.42. The molecule has 0 aromatic carbocycles. The molecule has 2 aliphatic rings. The van der Waals surface area contributed by atoms with Gasteiger partial charge in [-0.15, -0.1) is 0 Å². The summed E-state index contributed by atoms with van der Waals surface area (Å²) in [6.45, 7) is 3.55. The molecule has 2 heterocycles. The third-order valence-electron chi connectivity index (χ3n) is 3.86. The topological polar surface area (TPSA) is 35.5 Å². The van der Waals surface area contributed by atoms with E-state index in [0.717, 1.165) is 6.54 Å². The fraction of sp³-hybridized carbons (Fsp3) is 1.00. The Morgan fingerprint density at radius 3 is 2.73 bits per heavy atom. The molecule has 0 spiro atoms. The first kappa shape index (κ1) is 11.4. The van der Waals surface area contributed by atoms with Gasteiger partial charge < -0.3 is 10.4 Å². The van der Waals surface area contributed by atoms with E-state index in [4.69, 9.17) is 5.11 Å². The first-order valence-electron chi connectivity index (χ1n) is 6.50. The van der Waals surface area contributed by atoms with Crippen LogP contribution < -0.4 is 5.32 Å². The monoisotopic (exact) mass is 212 g/mol. The van der Waals surface area contributed by atoms with Gasteiger partial charge in [0.05, 0.1) is 6.61 Å². The van der Waals surface area contributed by atoms with Crippen LogP contribution in [0.5, 0.6) is 0 Å². The zero-order chi connectivity index (χ0) is 10.5. The Bertz CT molecular complexity index is 168. The number of likely N-dealkylation sites (tertiary alicyclic amines) is 1. The highest BCUT2D eigenvalue weighted by molar-refractivity contribution is 4.89. The smallest absolute Gasteiger partial charge is 0.0558 e. The van der Waals surface area contributed by atoms with Gasteiger partial charge in [-0.1, -0.05) is 12.8 Å². The number of nitrogens with zero attached hydrogens (tertiary/aromatic N) is 1. The highest BCUT2D eigenvalue weighted by Gasteiger charge is 2.29. The standard InChI is InChI=1S/C12H24N2O/c15-10-9-14-8-4-2-6-12(14)11-5-1-3-7-13-11/h11-13,15H,1-10H2. The lowest BCUT2D eigenvalue weighted by Crippen LogP contribution is -2.54. The van der Waals surface area contributed by atoms with Crippen molar-refractivity contribution in [3.8, 4) is 0 Å². The molecule has 2 saturated heterocycles. The normalized spacial score (nSPS) is 34.2. The fourth-order valence-corrected chi connectivity index (χ4v) is 3.09. The quantitative estimate of drug-likeness (QED) is 0.732. The van der Waals surface area contributed by atoms with E-state index in [9.17, 15) is 0 Å². The zero-order valence-corrected chi connectivity index (χ0v) is 9.62. The van der Waals surface area contributed by atoms with Gasteiger partial charge in [-0.05, 0) is 38.8 Å². The Labute approximate surface area is 92.8 Å². The molecule has 2 atom stereocenters. The minimum atomic E-state index is 0.309. The van der Waals surface area contributed by atoms with E-state index in [2.05, 4.69) is 10.2 Å². The van der Waals surface area contributed by atoms with E-state index in [1.807, 2.05) is 0 Å². The molecule has 2 unspecified atom stereocenters. The SMILES string of the molecule is OCCN1CCCCC1C1CCCCN1. The summed E-state index contributed by atoms with van der Waals surface area (Å²) in [4.78, 5) is 2.49. The van der Waals surface area contributed by atoms with E-state index in [-0.39, 0.29) is 0 Å². The van der Waals surface area contributed by atoms with Crippen LogP contribution in [0.2, 0.25) is 0 Å². The van der Waals surface area contributed by atoms with Crippen molar-refractivity contribution in [2.24, 2.45) is 0 Å².